The minimum atomic E-state index is -0.437. The zero-order valence-corrected chi connectivity index (χ0v) is 15.8. The van der Waals surface area contributed by atoms with Crippen molar-refractivity contribution in [3.8, 4) is 0 Å². The Labute approximate surface area is 151 Å². The predicted octanol–water partition coefficient (Wildman–Crippen LogP) is 1.84. The average Bonchev–Trinajstić information content (AvgIpc) is 2.60. The number of ether oxygens (including phenoxy) is 2. The van der Waals surface area contributed by atoms with Crippen LogP contribution in [0.25, 0.3) is 0 Å². The number of carbonyl (C=O) groups excluding carboxylic acids is 2. The summed E-state index contributed by atoms with van der Waals surface area (Å²) in [6.45, 7) is 12.5. The van der Waals surface area contributed by atoms with Crippen molar-refractivity contribution in [1.29, 1.82) is 0 Å². The fraction of sp³-hybridized carbons (Fsp3) is 0.789. The third-order valence-corrected chi connectivity index (χ3v) is 4.92. The van der Waals surface area contributed by atoms with E-state index in [-0.39, 0.29) is 29.9 Å². The van der Waals surface area contributed by atoms with Gasteiger partial charge in [0, 0.05) is 32.1 Å². The lowest BCUT2D eigenvalue weighted by molar-refractivity contribution is -0.152. The second kappa shape index (κ2) is 9.34. The van der Waals surface area contributed by atoms with Crippen LogP contribution in [0.3, 0.4) is 0 Å². The molecule has 2 amide bonds. The van der Waals surface area contributed by atoms with Crippen LogP contribution in [-0.4, -0.2) is 72.7 Å². The molecule has 6 heteroatoms. The molecule has 0 saturated carbocycles. The molecule has 0 spiro atoms. The summed E-state index contributed by atoms with van der Waals surface area (Å²) in [5.41, 5.74) is 0. The van der Waals surface area contributed by atoms with E-state index in [0.717, 1.165) is 19.3 Å². The maximum atomic E-state index is 12.8. The predicted molar refractivity (Wildman–Crippen MR) is 96.1 cm³/mol. The molecule has 0 radical (unpaired) electrons. The van der Waals surface area contributed by atoms with E-state index in [1.54, 1.807) is 13.0 Å². The maximum Gasteiger partial charge on any atom is 0.251 e. The first-order valence-corrected chi connectivity index (χ1v) is 9.38. The Kier molecular flexibility index (Phi) is 7.44. The lowest BCUT2D eigenvalue weighted by Gasteiger charge is -2.39. The zero-order chi connectivity index (χ0) is 18.4. The van der Waals surface area contributed by atoms with Crippen molar-refractivity contribution in [3.05, 3.63) is 12.7 Å². The van der Waals surface area contributed by atoms with Crippen LogP contribution in [0.4, 0.5) is 0 Å². The number of piperidine rings is 1. The summed E-state index contributed by atoms with van der Waals surface area (Å²) >= 11 is 0. The van der Waals surface area contributed by atoms with Crippen molar-refractivity contribution in [2.24, 2.45) is 5.92 Å². The van der Waals surface area contributed by atoms with E-state index in [0.29, 0.717) is 32.8 Å². The van der Waals surface area contributed by atoms with Crippen LogP contribution in [0.1, 0.15) is 40.0 Å². The van der Waals surface area contributed by atoms with Crippen LogP contribution in [0.2, 0.25) is 0 Å². The molecule has 0 bridgehead atoms. The van der Waals surface area contributed by atoms with Gasteiger partial charge in [0.15, 0.2) is 0 Å². The van der Waals surface area contributed by atoms with Crippen molar-refractivity contribution < 1.29 is 19.1 Å². The monoisotopic (exact) mass is 352 g/mol. The highest BCUT2D eigenvalue weighted by Crippen LogP contribution is 2.23. The SMILES string of the molecule is C=CCCOC(C)C(=O)N1CCC(C(=O)N2CC(C)OC(C)C2)CC1. The first kappa shape index (κ1) is 19.9. The van der Waals surface area contributed by atoms with Gasteiger partial charge in [-0.1, -0.05) is 6.08 Å². The van der Waals surface area contributed by atoms with Gasteiger partial charge in [0.1, 0.15) is 6.10 Å². The second-order valence-corrected chi connectivity index (χ2v) is 7.19. The van der Waals surface area contributed by atoms with Crippen molar-refractivity contribution in [3.63, 3.8) is 0 Å². The maximum absolute atomic E-state index is 12.8. The molecule has 142 valence electrons. The Hall–Kier alpha value is -1.40. The van der Waals surface area contributed by atoms with E-state index in [1.807, 2.05) is 23.6 Å². The lowest BCUT2D eigenvalue weighted by Crippen LogP contribution is -2.52. The molecule has 2 saturated heterocycles. The highest BCUT2D eigenvalue weighted by molar-refractivity contribution is 5.82. The zero-order valence-electron chi connectivity index (χ0n) is 15.8. The van der Waals surface area contributed by atoms with Crippen molar-refractivity contribution in [1.82, 2.24) is 9.80 Å². The molecule has 2 rings (SSSR count). The van der Waals surface area contributed by atoms with Crippen LogP contribution < -0.4 is 0 Å². The van der Waals surface area contributed by atoms with Crippen LogP contribution in [-0.2, 0) is 19.1 Å². The topological polar surface area (TPSA) is 59.1 Å². The first-order chi connectivity index (χ1) is 11.9. The summed E-state index contributed by atoms with van der Waals surface area (Å²) < 4.78 is 11.2. The molecule has 2 fully saturated rings. The van der Waals surface area contributed by atoms with Crippen LogP contribution in [0, 0.1) is 5.92 Å². The highest BCUT2D eigenvalue weighted by atomic mass is 16.5. The normalized spacial score (nSPS) is 26.4. The molecule has 2 aliphatic heterocycles. The van der Waals surface area contributed by atoms with Crippen LogP contribution in [0.5, 0.6) is 0 Å². The number of rotatable bonds is 6. The van der Waals surface area contributed by atoms with E-state index in [4.69, 9.17) is 9.47 Å². The molecule has 0 N–H and O–H groups in total. The Morgan fingerprint density at radius 1 is 1.20 bits per heavy atom. The molecular formula is C19H32N2O4. The van der Waals surface area contributed by atoms with Gasteiger partial charge in [-0.2, -0.15) is 0 Å². The Morgan fingerprint density at radius 2 is 1.80 bits per heavy atom. The van der Waals surface area contributed by atoms with E-state index < -0.39 is 6.10 Å². The molecular weight excluding hydrogens is 320 g/mol. The molecule has 0 aromatic heterocycles. The van der Waals surface area contributed by atoms with Gasteiger partial charge in [0.2, 0.25) is 5.91 Å². The fourth-order valence-electron chi connectivity index (χ4n) is 3.62. The molecule has 2 aliphatic rings. The van der Waals surface area contributed by atoms with E-state index >= 15 is 0 Å². The fourth-order valence-corrected chi connectivity index (χ4v) is 3.62. The number of amides is 2. The summed E-state index contributed by atoms with van der Waals surface area (Å²) in [6.07, 6.45) is 3.71. The third-order valence-electron chi connectivity index (χ3n) is 4.92. The van der Waals surface area contributed by atoms with Gasteiger partial charge in [-0.25, -0.2) is 0 Å². The summed E-state index contributed by atoms with van der Waals surface area (Å²) in [5.74, 6) is 0.242. The minimum absolute atomic E-state index is 0.0125. The van der Waals surface area contributed by atoms with E-state index in [1.165, 1.54) is 0 Å². The van der Waals surface area contributed by atoms with Gasteiger partial charge in [-0.15, -0.1) is 6.58 Å². The number of likely N-dealkylation sites (tertiary alicyclic amines) is 1. The molecule has 6 nitrogen and oxygen atoms in total. The average molecular weight is 352 g/mol. The smallest absolute Gasteiger partial charge is 0.251 e. The van der Waals surface area contributed by atoms with Crippen LogP contribution in [0.15, 0.2) is 12.7 Å². The Morgan fingerprint density at radius 3 is 2.36 bits per heavy atom. The van der Waals surface area contributed by atoms with Gasteiger partial charge in [0.05, 0.1) is 18.8 Å². The largest absolute Gasteiger partial charge is 0.372 e. The summed E-state index contributed by atoms with van der Waals surface area (Å²) in [7, 11) is 0. The Balaban J connectivity index is 1.79. The number of hydrogen-bond donors (Lipinski definition) is 0. The van der Waals surface area contributed by atoms with Crippen molar-refractivity contribution >= 4 is 11.8 Å². The van der Waals surface area contributed by atoms with Gasteiger partial charge in [-0.3, -0.25) is 9.59 Å². The molecule has 0 aliphatic carbocycles. The molecule has 0 aromatic carbocycles. The van der Waals surface area contributed by atoms with Gasteiger partial charge in [-0.05, 0) is 40.0 Å². The quantitative estimate of drug-likeness (QED) is 0.541. The standard InChI is InChI=1S/C19H32N2O4/c1-5-6-11-24-16(4)18(22)20-9-7-17(8-10-20)19(23)21-12-14(2)25-15(3)13-21/h5,14-17H,1,6-13H2,2-4H3. The molecule has 0 aromatic rings. The summed E-state index contributed by atoms with van der Waals surface area (Å²) in [5, 5.41) is 0. The lowest BCUT2D eigenvalue weighted by atomic mass is 9.94. The molecule has 2 heterocycles. The number of hydrogen-bond acceptors (Lipinski definition) is 4. The van der Waals surface area contributed by atoms with E-state index in [9.17, 15) is 9.59 Å². The summed E-state index contributed by atoms with van der Waals surface area (Å²) in [6, 6.07) is 0. The van der Waals surface area contributed by atoms with Crippen molar-refractivity contribution in [2.75, 3.05) is 32.8 Å². The minimum Gasteiger partial charge on any atom is -0.372 e. The van der Waals surface area contributed by atoms with Gasteiger partial charge in [0.25, 0.3) is 5.91 Å². The van der Waals surface area contributed by atoms with Gasteiger partial charge >= 0.3 is 0 Å². The second-order valence-electron chi connectivity index (χ2n) is 7.19. The van der Waals surface area contributed by atoms with Gasteiger partial charge < -0.3 is 19.3 Å². The molecule has 25 heavy (non-hydrogen) atoms. The Bertz CT molecular complexity index is 464. The highest BCUT2D eigenvalue weighted by Gasteiger charge is 2.34. The molecule has 3 unspecified atom stereocenters. The van der Waals surface area contributed by atoms with Crippen LogP contribution >= 0.6 is 0 Å². The third kappa shape index (κ3) is 5.54. The number of carbonyl (C=O) groups is 2. The van der Waals surface area contributed by atoms with Crippen molar-refractivity contribution in [2.45, 2.75) is 58.3 Å². The first-order valence-electron chi connectivity index (χ1n) is 9.38. The summed E-state index contributed by atoms with van der Waals surface area (Å²) in [4.78, 5) is 28.9. The number of morpholine rings is 1. The number of nitrogens with zero attached hydrogens (tertiary/aromatic N) is 2. The molecule has 3 atom stereocenters. The van der Waals surface area contributed by atoms with E-state index in [2.05, 4.69) is 6.58 Å².